The maximum absolute atomic E-state index is 12.4. The SMILES string of the molecule is COC1=CC(=O)C2C(C1=O)[C@H](c1ccc(OC)cc1)[C@H]2C. The lowest BCUT2D eigenvalue weighted by atomic mass is 9.51. The summed E-state index contributed by atoms with van der Waals surface area (Å²) in [5.74, 6) is 0.655. The Labute approximate surface area is 123 Å². The fourth-order valence-electron chi connectivity index (χ4n) is 3.67. The van der Waals surface area contributed by atoms with Gasteiger partial charge in [0.2, 0.25) is 5.78 Å². The summed E-state index contributed by atoms with van der Waals surface area (Å²) < 4.78 is 10.2. The Hall–Kier alpha value is -2.10. The van der Waals surface area contributed by atoms with Gasteiger partial charge in [-0.2, -0.15) is 0 Å². The predicted molar refractivity (Wildman–Crippen MR) is 77.0 cm³/mol. The highest BCUT2D eigenvalue weighted by Crippen LogP contribution is 2.55. The Morgan fingerprint density at radius 3 is 2.14 bits per heavy atom. The van der Waals surface area contributed by atoms with Gasteiger partial charge in [0.1, 0.15) is 5.75 Å². The first-order valence-electron chi connectivity index (χ1n) is 7.06. The molecular formula is C17H18O4. The van der Waals surface area contributed by atoms with Crippen LogP contribution in [0.2, 0.25) is 0 Å². The number of Topliss-reactive ketones (excluding diaryl/α,β-unsaturated/α-hetero) is 1. The van der Waals surface area contributed by atoms with E-state index in [0.29, 0.717) is 0 Å². The third-order valence-electron chi connectivity index (χ3n) is 4.77. The zero-order valence-electron chi connectivity index (χ0n) is 12.3. The van der Waals surface area contributed by atoms with Gasteiger partial charge in [0.05, 0.1) is 14.2 Å². The van der Waals surface area contributed by atoms with Gasteiger partial charge >= 0.3 is 0 Å². The molecule has 0 bridgehead atoms. The fourth-order valence-corrected chi connectivity index (χ4v) is 3.67. The second-order valence-corrected chi connectivity index (χ2v) is 5.69. The molecular weight excluding hydrogens is 268 g/mol. The van der Waals surface area contributed by atoms with Crippen LogP contribution in [-0.4, -0.2) is 25.8 Å². The van der Waals surface area contributed by atoms with Gasteiger partial charge < -0.3 is 9.47 Å². The van der Waals surface area contributed by atoms with E-state index in [1.165, 1.54) is 13.2 Å². The van der Waals surface area contributed by atoms with E-state index in [2.05, 4.69) is 0 Å². The molecule has 3 rings (SSSR count). The molecule has 2 unspecified atom stereocenters. The molecule has 1 aromatic carbocycles. The number of carbonyl (C=O) groups is 2. The molecule has 0 saturated heterocycles. The number of ketones is 2. The van der Waals surface area contributed by atoms with Crippen molar-refractivity contribution >= 4 is 11.6 Å². The van der Waals surface area contributed by atoms with Crippen molar-refractivity contribution in [1.29, 1.82) is 0 Å². The van der Waals surface area contributed by atoms with E-state index in [-0.39, 0.29) is 41.0 Å². The van der Waals surface area contributed by atoms with Crippen LogP contribution in [0.25, 0.3) is 0 Å². The molecule has 0 radical (unpaired) electrons. The minimum Gasteiger partial charge on any atom is -0.497 e. The number of rotatable bonds is 3. The highest BCUT2D eigenvalue weighted by atomic mass is 16.5. The molecule has 0 amide bonds. The quantitative estimate of drug-likeness (QED) is 0.856. The van der Waals surface area contributed by atoms with Crippen molar-refractivity contribution in [3.05, 3.63) is 41.7 Å². The average Bonchev–Trinajstić information content (AvgIpc) is 2.49. The molecule has 21 heavy (non-hydrogen) atoms. The van der Waals surface area contributed by atoms with Gasteiger partial charge in [-0.3, -0.25) is 9.59 Å². The highest BCUT2D eigenvalue weighted by Gasteiger charge is 2.57. The summed E-state index contributed by atoms with van der Waals surface area (Å²) in [5.41, 5.74) is 1.07. The first-order chi connectivity index (χ1) is 10.1. The first-order valence-corrected chi connectivity index (χ1v) is 7.06. The Balaban J connectivity index is 1.93. The Morgan fingerprint density at radius 2 is 1.57 bits per heavy atom. The molecule has 0 spiro atoms. The number of hydrogen-bond acceptors (Lipinski definition) is 4. The van der Waals surface area contributed by atoms with Crippen LogP contribution >= 0.6 is 0 Å². The number of carbonyl (C=O) groups excluding carboxylic acids is 2. The topological polar surface area (TPSA) is 52.6 Å². The van der Waals surface area contributed by atoms with Gasteiger partial charge in [0, 0.05) is 17.9 Å². The van der Waals surface area contributed by atoms with Gasteiger partial charge in [-0.05, 0) is 29.5 Å². The summed E-state index contributed by atoms with van der Waals surface area (Å²) >= 11 is 0. The second-order valence-electron chi connectivity index (χ2n) is 5.69. The first kappa shape index (κ1) is 13.9. The second kappa shape index (κ2) is 5.02. The van der Waals surface area contributed by atoms with Crippen molar-refractivity contribution in [3.63, 3.8) is 0 Å². The van der Waals surface area contributed by atoms with Crippen LogP contribution < -0.4 is 4.74 Å². The predicted octanol–water partition coefficient (Wildman–Crippen LogP) is 2.34. The van der Waals surface area contributed by atoms with E-state index >= 15 is 0 Å². The summed E-state index contributed by atoms with van der Waals surface area (Å²) in [7, 11) is 3.05. The van der Waals surface area contributed by atoms with E-state index < -0.39 is 0 Å². The molecule has 2 aliphatic rings. The zero-order chi connectivity index (χ0) is 15.1. The normalized spacial score (nSPS) is 31.1. The highest BCUT2D eigenvalue weighted by molar-refractivity contribution is 6.11. The van der Waals surface area contributed by atoms with E-state index in [1.54, 1.807) is 7.11 Å². The summed E-state index contributed by atoms with van der Waals surface area (Å²) in [6.07, 6.45) is 1.35. The van der Waals surface area contributed by atoms with Crippen LogP contribution in [0.15, 0.2) is 36.1 Å². The molecule has 4 nitrogen and oxygen atoms in total. The zero-order valence-corrected chi connectivity index (χ0v) is 12.3. The Kier molecular flexibility index (Phi) is 3.32. The summed E-state index contributed by atoms with van der Waals surface area (Å²) in [6.45, 7) is 2.03. The van der Waals surface area contributed by atoms with Crippen LogP contribution in [0.4, 0.5) is 0 Å². The van der Waals surface area contributed by atoms with E-state index in [4.69, 9.17) is 9.47 Å². The minimum absolute atomic E-state index is 0.00807. The summed E-state index contributed by atoms with van der Waals surface area (Å²) in [6, 6.07) is 7.71. The number of fused-ring (bicyclic) bond motifs is 1. The molecule has 4 atom stereocenters. The molecule has 1 aromatic rings. The number of hydrogen-bond donors (Lipinski definition) is 0. The summed E-state index contributed by atoms with van der Waals surface area (Å²) in [5, 5.41) is 0. The monoisotopic (exact) mass is 286 g/mol. The van der Waals surface area contributed by atoms with Gasteiger partial charge in [-0.25, -0.2) is 0 Å². The van der Waals surface area contributed by atoms with Gasteiger partial charge in [-0.1, -0.05) is 19.1 Å². The molecule has 110 valence electrons. The van der Waals surface area contributed by atoms with E-state index in [1.807, 2.05) is 31.2 Å². The third kappa shape index (κ3) is 1.97. The van der Waals surface area contributed by atoms with Crippen LogP contribution in [0, 0.1) is 17.8 Å². The van der Waals surface area contributed by atoms with Crippen LogP contribution in [-0.2, 0) is 14.3 Å². The number of allylic oxidation sites excluding steroid dienone is 2. The number of benzene rings is 1. The van der Waals surface area contributed by atoms with E-state index in [9.17, 15) is 9.59 Å². The molecule has 0 aromatic heterocycles. The number of methoxy groups -OCH3 is 2. The smallest absolute Gasteiger partial charge is 0.201 e. The Bertz CT molecular complexity index is 614. The van der Waals surface area contributed by atoms with Crippen LogP contribution in [0.5, 0.6) is 5.75 Å². The third-order valence-corrected chi connectivity index (χ3v) is 4.77. The maximum Gasteiger partial charge on any atom is 0.201 e. The van der Waals surface area contributed by atoms with Crippen molar-refractivity contribution in [3.8, 4) is 5.75 Å². The largest absolute Gasteiger partial charge is 0.497 e. The van der Waals surface area contributed by atoms with Crippen molar-refractivity contribution in [2.75, 3.05) is 14.2 Å². The van der Waals surface area contributed by atoms with Crippen molar-refractivity contribution < 1.29 is 19.1 Å². The summed E-state index contributed by atoms with van der Waals surface area (Å²) in [4.78, 5) is 24.6. The minimum atomic E-state index is -0.291. The van der Waals surface area contributed by atoms with Gasteiger partial charge in [-0.15, -0.1) is 0 Å². The standard InChI is InChI=1S/C17H18O4/c1-9-14(10-4-6-11(20-2)7-5-10)16-15(9)12(18)8-13(21-3)17(16)19/h4-9,14-16H,1-3H3/t9-,14+,15?,16?/m1/s1. The molecule has 1 fully saturated rings. The molecule has 2 aliphatic carbocycles. The van der Waals surface area contributed by atoms with Crippen LogP contribution in [0.1, 0.15) is 18.4 Å². The fraction of sp³-hybridized carbons (Fsp3) is 0.412. The van der Waals surface area contributed by atoms with E-state index in [0.717, 1.165) is 11.3 Å². The van der Waals surface area contributed by atoms with Crippen LogP contribution in [0.3, 0.4) is 0 Å². The Morgan fingerprint density at radius 1 is 0.905 bits per heavy atom. The molecule has 4 heteroatoms. The van der Waals surface area contributed by atoms with Gasteiger partial charge in [0.15, 0.2) is 11.5 Å². The van der Waals surface area contributed by atoms with Crippen molar-refractivity contribution in [1.82, 2.24) is 0 Å². The van der Waals surface area contributed by atoms with Crippen molar-refractivity contribution in [2.45, 2.75) is 12.8 Å². The van der Waals surface area contributed by atoms with Gasteiger partial charge in [0.25, 0.3) is 0 Å². The lowest BCUT2D eigenvalue weighted by molar-refractivity contribution is -0.144. The maximum atomic E-state index is 12.4. The molecule has 0 aliphatic heterocycles. The number of ether oxygens (including phenoxy) is 2. The molecule has 0 N–H and O–H groups in total. The lowest BCUT2D eigenvalue weighted by Gasteiger charge is -2.50. The lowest BCUT2D eigenvalue weighted by Crippen LogP contribution is -2.53. The molecule has 1 saturated carbocycles. The average molecular weight is 286 g/mol. The van der Waals surface area contributed by atoms with Crippen molar-refractivity contribution in [2.24, 2.45) is 17.8 Å². The molecule has 0 heterocycles.